The van der Waals surface area contributed by atoms with Crippen LogP contribution in [0.25, 0.3) is 0 Å². The van der Waals surface area contributed by atoms with Gasteiger partial charge in [-0.2, -0.15) is 0 Å². The lowest BCUT2D eigenvalue weighted by atomic mass is 9.97. The molecular formula is C11H19NO2. The third-order valence-corrected chi connectivity index (χ3v) is 2.83. The zero-order valence-electron chi connectivity index (χ0n) is 8.99. The number of rotatable bonds is 4. The number of likely N-dealkylation sites (N-methyl/N-ethyl adjacent to an activating group) is 1. The van der Waals surface area contributed by atoms with Crippen LogP contribution in [0.3, 0.4) is 0 Å². The minimum atomic E-state index is -0.682. The van der Waals surface area contributed by atoms with E-state index in [1.807, 2.05) is 0 Å². The van der Waals surface area contributed by atoms with Crippen LogP contribution >= 0.6 is 0 Å². The van der Waals surface area contributed by atoms with Gasteiger partial charge in [-0.15, -0.1) is 0 Å². The number of hydrogen-bond donors (Lipinski definition) is 1. The fraction of sp³-hybridized carbons (Fsp3) is 0.727. The summed E-state index contributed by atoms with van der Waals surface area (Å²) < 4.78 is 0. The van der Waals surface area contributed by atoms with Gasteiger partial charge in [-0.05, 0) is 26.3 Å². The van der Waals surface area contributed by atoms with Gasteiger partial charge >= 0.3 is 5.97 Å². The summed E-state index contributed by atoms with van der Waals surface area (Å²) in [6.07, 6.45) is 5.05. The Labute approximate surface area is 85.4 Å². The first-order valence-corrected chi connectivity index (χ1v) is 5.19. The number of aliphatic carboxylic acids is 1. The lowest BCUT2D eigenvalue weighted by Gasteiger charge is -2.22. The molecule has 3 heteroatoms. The van der Waals surface area contributed by atoms with Crippen LogP contribution in [0.2, 0.25) is 0 Å². The molecule has 0 saturated carbocycles. The largest absolute Gasteiger partial charge is 0.481 e. The summed E-state index contributed by atoms with van der Waals surface area (Å²) in [6, 6.07) is 0. The standard InChI is InChI=1S/C11H19NO2/c1-9(11(13)14)3-4-10-5-7-12(2)8-6-10/h5,9H,3-4,6-8H2,1-2H3,(H,13,14). The van der Waals surface area contributed by atoms with Crippen LogP contribution in [0.1, 0.15) is 26.2 Å². The second-order valence-electron chi connectivity index (χ2n) is 4.15. The minimum Gasteiger partial charge on any atom is -0.481 e. The molecule has 1 unspecified atom stereocenters. The molecule has 0 amide bonds. The molecule has 80 valence electrons. The molecule has 1 aliphatic rings. The van der Waals surface area contributed by atoms with E-state index in [0.717, 1.165) is 32.4 Å². The topological polar surface area (TPSA) is 40.5 Å². The Morgan fingerprint density at radius 2 is 2.43 bits per heavy atom. The maximum absolute atomic E-state index is 10.6. The van der Waals surface area contributed by atoms with Crippen LogP contribution in [-0.2, 0) is 4.79 Å². The van der Waals surface area contributed by atoms with E-state index in [1.54, 1.807) is 6.92 Å². The van der Waals surface area contributed by atoms with Gasteiger partial charge in [-0.3, -0.25) is 4.79 Å². The van der Waals surface area contributed by atoms with Crippen molar-refractivity contribution in [3.8, 4) is 0 Å². The summed E-state index contributed by atoms with van der Waals surface area (Å²) in [5, 5.41) is 8.73. The zero-order valence-corrected chi connectivity index (χ0v) is 8.99. The fourth-order valence-electron chi connectivity index (χ4n) is 1.57. The molecular weight excluding hydrogens is 178 g/mol. The van der Waals surface area contributed by atoms with Crippen LogP contribution in [-0.4, -0.2) is 36.1 Å². The summed E-state index contributed by atoms with van der Waals surface area (Å²) in [5.41, 5.74) is 1.43. The third-order valence-electron chi connectivity index (χ3n) is 2.83. The first-order valence-electron chi connectivity index (χ1n) is 5.19. The van der Waals surface area contributed by atoms with Crippen LogP contribution in [0.5, 0.6) is 0 Å². The summed E-state index contributed by atoms with van der Waals surface area (Å²) in [4.78, 5) is 12.9. The highest BCUT2D eigenvalue weighted by molar-refractivity contribution is 5.69. The smallest absolute Gasteiger partial charge is 0.306 e. The monoisotopic (exact) mass is 197 g/mol. The Kier molecular flexibility index (Phi) is 4.14. The molecule has 1 rings (SSSR count). The Balaban J connectivity index is 2.28. The van der Waals surface area contributed by atoms with Gasteiger partial charge in [0.25, 0.3) is 0 Å². The van der Waals surface area contributed by atoms with Gasteiger partial charge in [0.05, 0.1) is 5.92 Å². The number of nitrogens with zero attached hydrogens (tertiary/aromatic N) is 1. The summed E-state index contributed by atoms with van der Waals surface area (Å²) in [6.45, 7) is 3.89. The zero-order chi connectivity index (χ0) is 10.6. The van der Waals surface area contributed by atoms with Crippen LogP contribution in [0.15, 0.2) is 11.6 Å². The highest BCUT2D eigenvalue weighted by atomic mass is 16.4. The lowest BCUT2D eigenvalue weighted by molar-refractivity contribution is -0.141. The minimum absolute atomic E-state index is 0.212. The van der Waals surface area contributed by atoms with Crippen molar-refractivity contribution >= 4 is 5.97 Å². The predicted molar refractivity (Wildman–Crippen MR) is 56.2 cm³/mol. The van der Waals surface area contributed by atoms with Crippen molar-refractivity contribution in [2.45, 2.75) is 26.2 Å². The number of carboxylic acids is 1. The molecule has 1 aliphatic heterocycles. The molecule has 0 aromatic rings. The van der Waals surface area contributed by atoms with E-state index in [1.165, 1.54) is 5.57 Å². The maximum atomic E-state index is 10.6. The van der Waals surface area contributed by atoms with Crippen molar-refractivity contribution in [2.75, 3.05) is 20.1 Å². The van der Waals surface area contributed by atoms with E-state index in [4.69, 9.17) is 5.11 Å². The average Bonchev–Trinajstić information content (AvgIpc) is 2.16. The molecule has 0 radical (unpaired) electrons. The molecule has 1 N–H and O–H groups in total. The van der Waals surface area contributed by atoms with E-state index in [-0.39, 0.29) is 5.92 Å². The van der Waals surface area contributed by atoms with Crippen molar-refractivity contribution in [3.63, 3.8) is 0 Å². The Morgan fingerprint density at radius 3 is 2.93 bits per heavy atom. The van der Waals surface area contributed by atoms with Gasteiger partial charge in [-0.1, -0.05) is 18.6 Å². The van der Waals surface area contributed by atoms with Crippen molar-refractivity contribution < 1.29 is 9.90 Å². The molecule has 0 aromatic carbocycles. The predicted octanol–water partition coefficient (Wildman–Crippen LogP) is 1.75. The highest BCUT2D eigenvalue weighted by Crippen LogP contribution is 2.18. The van der Waals surface area contributed by atoms with Crippen molar-refractivity contribution in [2.24, 2.45) is 5.92 Å². The number of hydrogen-bond acceptors (Lipinski definition) is 2. The molecule has 0 aliphatic carbocycles. The van der Waals surface area contributed by atoms with E-state index in [2.05, 4.69) is 18.0 Å². The third kappa shape index (κ3) is 3.50. The summed E-state index contributed by atoms with van der Waals surface area (Å²) in [5.74, 6) is -0.894. The second kappa shape index (κ2) is 5.15. The molecule has 0 spiro atoms. The van der Waals surface area contributed by atoms with Crippen LogP contribution < -0.4 is 0 Å². The Morgan fingerprint density at radius 1 is 1.71 bits per heavy atom. The van der Waals surface area contributed by atoms with Crippen LogP contribution in [0.4, 0.5) is 0 Å². The molecule has 0 saturated heterocycles. The van der Waals surface area contributed by atoms with Gasteiger partial charge < -0.3 is 10.0 Å². The van der Waals surface area contributed by atoms with Gasteiger partial charge in [0.2, 0.25) is 0 Å². The normalized spacial score (nSPS) is 20.3. The first kappa shape index (κ1) is 11.2. The molecule has 0 bridgehead atoms. The van der Waals surface area contributed by atoms with Gasteiger partial charge in [-0.25, -0.2) is 0 Å². The van der Waals surface area contributed by atoms with Crippen molar-refractivity contribution in [1.82, 2.24) is 4.90 Å². The first-order chi connectivity index (χ1) is 6.59. The van der Waals surface area contributed by atoms with Crippen molar-refractivity contribution in [1.29, 1.82) is 0 Å². The summed E-state index contributed by atoms with van der Waals surface area (Å²) >= 11 is 0. The van der Waals surface area contributed by atoms with E-state index >= 15 is 0 Å². The van der Waals surface area contributed by atoms with Gasteiger partial charge in [0, 0.05) is 13.1 Å². The van der Waals surface area contributed by atoms with E-state index < -0.39 is 5.97 Å². The fourth-order valence-corrected chi connectivity index (χ4v) is 1.57. The second-order valence-corrected chi connectivity index (χ2v) is 4.15. The van der Waals surface area contributed by atoms with E-state index in [0.29, 0.717) is 0 Å². The highest BCUT2D eigenvalue weighted by Gasteiger charge is 2.13. The quantitative estimate of drug-likeness (QED) is 0.698. The SMILES string of the molecule is CC(CCC1=CCN(C)CC1)C(=O)O. The Bertz CT molecular complexity index is 235. The van der Waals surface area contributed by atoms with Gasteiger partial charge in [0.15, 0.2) is 0 Å². The van der Waals surface area contributed by atoms with Crippen LogP contribution in [0, 0.1) is 5.92 Å². The lowest BCUT2D eigenvalue weighted by Crippen LogP contribution is -2.24. The average molecular weight is 197 g/mol. The molecule has 1 heterocycles. The van der Waals surface area contributed by atoms with Crippen molar-refractivity contribution in [3.05, 3.63) is 11.6 Å². The number of carboxylic acid groups (broad SMARTS) is 1. The number of carbonyl (C=O) groups is 1. The van der Waals surface area contributed by atoms with E-state index in [9.17, 15) is 4.79 Å². The Hall–Kier alpha value is -0.830. The molecule has 14 heavy (non-hydrogen) atoms. The molecule has 1 atom stereocenters. The molecule has 3 nitrogen and oxygen atoms in total. The maximum Gasteiger partial charge on any atom is 0.306 e. The molecule has 0 aromatic heterocycles. The van der Waals surface area contributed by atoms with Gasteiger partial charge in [0.1, 0.15) is 0 Å². The molecule has 0 fully saturated rings. The summed E-state index contributed by atoms with van der Waals surface area (Å²) in [7, 11) is 2.10.